The number of esters is 2. The molecule has 7 heteroatoms. The Bertz CT molecular complexity index is 808. The second-order valence-electron chi connectivity index (χ2n) is 10.2. The molecule has 0 radical (unpaired) electrons. The molecule has 3 aliphatic rings. The van der Waals surface area contributed by atoms with Crippen LogP contribution in [0.15, 0.2) is 23.3 Å². The molecule has 3 fully saturated rings. The number of carbonyl (C=O) groups is 2. The molecule has 0 aromatic rings. The SMILES string of the molecule is C/C=C(/C)C(=O)OC[C@@]12CC[C@@H](C(C)(C)O)[C@@H](OC(=O)/C(C)=C\C)[C@H]3O[C@]3(C)CC[C@H]1O2. The fraction of sp³-hybridized carbons (Fsp3) is 0.760. The van der Waals surface area contributed by atoms with Crippen LogP contribution in [0.2, 0.25) is 0 Å². The predicted molar refractivity (Wildman–Crippen MR) is 119 cm³/mol. The van der Waals surface area contributed by atoms with Crippen molar-refractivity contribution in [1.82, 2.24) is 0 Å². The van der Waals surface area contributed by atoms with E-state index in [-0.39, 0.29) is 30.7 Å². The second kappa shape index (κ2) is 8.92. The summed E-state index contributed by atoms with van der Waals surface area (Å²) in [5, 5.41) is 11.0. The van der Waals surface area contributed by atoms with E-state index < -0.39 is 28.9 Å². The molecule has 1 aliphatic carbocycles. The molecular weight excluding hydrogens is 412 g/mol. The lowest BCUT2D eigenvalue weighted by Crippen LogP contribution is -2.47. The van der Waals surface area contributed by atoms with Gasteiger partial charge in [-0.3, -0.25) is 0 Å². The number of aliphatic hydroxyl groups is 1. The Kier molecular flexibility index (Phi) is 6.95. The molecule has 180 valence electrons. The summed E-state index contributed by atoms with van der Waals surface area (Å²) in [7, 11) is 0. The molecule has 1 saturated carbocycles. The molecule has 0 aromatic carbocycles. The van der Waals surface area contributed by atoms with Crippen LogP contribution in [-0.2, 0) is 28.5 Å². The van der Waals surface area contributed by atoms with Gasteiger partial charge in [0, 0.05) is 17.1 Å². The Balaban J connectivity index is 1.82. The van der Waals surface area contributed by atoms with Gasteiger partial charge in [-0.2, -0.15) is 0 Å². The number of allylic oxidation sites excluding steroid dienone is 2. The van der Waals surface area contributed by atoms with Crippen LogP contribution in [0.1, 0.15) is 74.1 Å². The summed E-state index contributed by atoms with van der Waals surface area (Å²) in [5.41, 5.74) is -1.04. The van der Waals surface area contributed by atoms with Gasteiger partial charge in [-0.05, 0) is 74.1 Å². The molecule has 0 unspecified atom stereocenters. The minimum absolute atomic E-state index is 0.0188. The van der Waals surface area contributed by atoms with E-state index in [4.69, 9.17) is 18.9 Å². The average Bonchev–Trinajstić information content (AvgIpc) is 3.62. The Morgan fingerprint density at radius 2 is 1.69 bits per heavy atom. The standard InChI is InChI=1S/C25H38O7/c1-8-15(3)21(26)29-14-25-13-10-17(23(5,6)28)19(30-22(27)16(4)9-2)20-24(7,32-20)12-11-18(25)31-25/h8-9,17-20,28H,10-14H2,1-7H3/b15-8-,16-9-/t17-,18-,19-,20-,24-,25+/m1/s1. The van der Waals surface area contributed by atoms with Crippen LogP contribution in [0.5, 0.6) is 0 Å². The summed E-state index contributed by atoms with van der Waals surface area (Å²) < 4.78 is 23.7. The summed E-state index contributed by atoms with van der Waals surface area (Å²) in [6.07, 6.45) is 5.21. The van der Waals surface area contributed by atoms with Crippen LogP contribution >= 0.6 is 0 Å². The summed E-state index contributed by atoms with van der Waals surface area (Å²) in [6, 6.07) is 0. The maximum Gasteiger partial charge on any atom is 0.333 e. The molecule has 3 rings (SSSR count). The Morgan fingerprint density at radius 3 is 2.28 bits per heavy atom. The fourth-order valence-electron chi connectivity index (χ4n) is 4.71. The van der Waals surface area contributed by atoms with E-state index in [1.165, 1.54) is 0 Å². The van der Waals surface area contributed by atoms with Crippen LogP contribution in [0.4, 0.5) is 0 Å². The quantitative estimate of drug-likeness (QED) is 0.375. The molecule has 2 aliphatic heterocycles. The number of ether oxygens (including phenoxy) is 4. The molecule has 1 N–H and O–H groups in total. The Labute approximate surface area is 191 Å². The van der Waals surface area contributed by atoms with Gasteiger partial charge in [-0.25, -0.2) is 9.59 Å². The van der Waals surface area contributed by atoms with Gasteiger partial charge in [-0.15, -0.1) is 0 Å². The zero-order chi connectivity index (χ0) is 23.9. The van der Waals surface area contributed by atoms with Gasteiger partial charge in [0.15, 0.2) is 0 Å². The topological polar surface area (TPSA) is 97.9 Å². The van der Waals surface area contributed by atoms with Gasteiger partial charge in [0.1, 0.15) is 24.4 Å². The van der Waals surface area contributed by atoms with Gasteiger partial charge in [0.25, 0.3) is 0 Å². The zero-order valence-electron chi connectivity index (χ0n) is 20.4. The van der Waals surface area contributed by atoms with Crippen molar-refractivity contribution in [1.29, 1.82) is 0 Å². The number of rotatable bonds is 6. The van der Waals surface area contributed by atoms with Crippen molar-refractivity contribution < 1.29 is 33.6 Å². The highest BCUT2D eigenvalue weighted by molar-refractivity contribution is 5.88. The van der Waals surface area contributed by atoms with E-state index in [0.29, 0.717) is 24.0 Å². The first-order chi connectivity index (χ1) is 14.9. The van der Waals surface area contributed by atoms with E-state index in [1.807, 2.05) is 6.92 Å². The third-order valence-electron chi connectivity index (χ3n) is 7.43. The minimum Gasteiger partial charge on any atom is -0.459 e. The van der Waals surface area contributed by atoms with Crippen molar-refractivity contribution >= 4 is 11.9 Å². The van der Waals surface area contributed by atoms with Crippen LogP contribution in [0.25, 0.3) is 0 Å². The van der Waals surface area contributed by atoms with Crippen LogP contribution in [0.3, 0.4) is 0 Å². The van der Waals surface area contributed by atoms with Crippen LogP contribution < -0.4 is 0 Å². The molecule has 32 heavy (non-hydrogen) atoms. The maximum absolute atomic E-state index is 12.6. The van der Waals surface area contributed by atoms with Crippen molar-refractivity contribution in [3.63, 3.8) is 0 Å². The van der Waals surface area contributed by atoms with Crippen molar-refractivity contribution in [2.24, 2.45) is 5.92 Å². The highest BCUT2D eigenvalue weighted by Gasteiger charge is 2.65. The van der Waals surface area contributed by atoms with Gasteiger partial charge in [0.2, 0.25) is 0 Å². The summed E-state index contributed by atoms with van der Waals surface area (Å²) in [4.78, 5) is 24.8. The number of epoxide rings is 2. The molecule has 0 aromatic heterocycles. The monoisotopic (exact) mass is 450 g/mol. The van der Waals surface area contributed by atoms with Crippen molar-refractivity contribution in [3.05, 3.63) is 23.3 Å². The van der Waals surface area contributed by atoms with Crippen LogP contribution in [-0.4, -0.2) is 58.8 Å². The van der Waals surface area contributed by atoms with Gasteiger partial charge < -0.3 is 24.1 Å². The molecule has 2 heterocycles. The third-order valence-corrected chi connectivity index (χ3v) is 7.43. The number of fused-ring (bicyclic) bond motifs is 2. The van der Waals surface area contributed by atoms with Gasteiger partial charge in [-0.1, -0.05) is 12.2 Å². The molecule has 0 amide bonds. The zero-order valence-corrected chi connectivity index (χ0v) is 20.4. The second-order valence-corrected chi connectivity index (χ2v) is 10.2. The molecule has 6 atom stereocenters. The number of hydrogen-bond donors (Lipinski definition) is 1. The average molecular weight is 451 g/mol. The third kappa shape index (κ3) is 5.10. The number of carbonyl (C=O) groups excluding carboxylic acids is 2. The first-order valence-electron chi connectivity index (χ1n) is 11.6. The van der Waals surface area contributed by atoms with E-state index in [1.54, 1.807) is 53.7 Å². The predicted octanol–water partition coefficient (Wildman–Crippen LogP) is 3.63. The van der Waals surface area contributed by atoms with Gasteiger partial charge in [0.05, 0.1) is 17.3 Å². The van der Waals surface area contributed by atoms with E-state index in [0.717, 1.165) is 12.8 Å². The van der Waals surface area contributed by atoms with E-state index >= 15 is 0 Å². The smallest absolute Gasteiger partial charge is 0.333 e. The first kappa shape index (κ1) is 24.9. The molecule has 0 spiro atoms. The van der Waals surface area contributed by atoms with Gasteiger partial charge >= 0.3 is 11.9 Å². The largest absolute Gasteiger partial charge is 0.459 e. The lowest BCUT2D eigenvalue weighted by Gasteiger charge is -2.36. The fourth-order valence-corrected chi connectivity index (χ4v) is 4.71. The Morgan fingerprint density at radius 1 is 1.06 bits per heavy atom. The van der Waals surface area contributed by atoms with E-state index in [9.17, 15) is 14.7 Å². The summed E-state index contributed by atoms with van der Waals surface area (Å²) in [5.74, 6) is -1.11. The summed E-state index contributed by atoms with van der Waals surface area (Å²) in [6.45, 7) is 12.7. The minimum atomic E-state index is -1.11. The lowest BCUT2D eigenvalue weighted by atomic mass is 9.76. The maximum atomic E-state index is 12.6. The number of hydrogen-bond acceptors (Lipinski definition) is 7. The first-order valence-corrected chi connectivity index (χ1v) is 11.6. The highest BCUT2D eigenvalue weighted by Crippen LogP contribution is 2.53. The lowest BCUT2D eigenvalue weighted by molar-refractivity contribution is -0.155. The summed E-state index contributed by atoms with van der Waals surface area (Å²) >= 11 is 0. The highest BCUT2D eigenvalue weighted by atomic mass is 16.7. The van der Waals surface area contributed by atoms with Crippen molar-refractivity contribution in [2.45, 2.75) is 109 Å². The van der Waals surface area contributed by atoms with Crippen LogP contribution in [0, 0.1) is 5.92 Å². The van der Waals surface area contributed by atoms with Crippen molar-refractivity contribution in [3.8, 4) is 0 Å². The molecular formula is C25H38O7. The van der Waals surface area contributed by atoms with E-state index in [2.05, 4.69) is 0 Å². The van der Waals surface area contributed by atoms with Crippen molar-refractivity contribution in [2.75, 3.05) is 6.61 Å². The normalized spacial score (nSPS) is 37.6. The Hall–Kier alpha value is -1.70. The molecule has 2 saturated heterocycles. The molecule has 7 nitrogen and oxygen atoms in total. The molecule has 0 bridgehead atoms.